The molecule has 4 aliphatic rings. The van der Waals surface area contributed by atoms with E-state index in [2.05, 4.69) is 40.3 Å². The molecule has 0 amide bonds. The summed E-state index contributed by atoms with van der Waals surface area (Å²) in [5.41, 5.74) is 3.33. The van der Waals surface area contributed by atoms with Crippen LogP contribution in [0.4, 0.5) is 0 Å². The summed E-state index contributed by atoms with van der Waals surface area (Å²) in [6.07, 6.45) is 10.7. The molecule has 0 saturated heterocycles. The van der Waals surface area contributed by atoms with Gasteiger partial charge in [-0.15, -0.1) is 0 Å². The summed E-state index contributed by atoms with van der Waals surface area (Å²) in [5, 5.41) is 10.9. The first-order valence-corrected chi connectivity index (χ1v) is 11.3. The number of hydrogen-bond acceptors (Lipinski definition) is 3. The predicted octanol–water partition coefficient (Wildman–Crippen LogP) is 5.49. The summed E-state index contributed by atoms with van der Waals surface area (Å²) in [4.78, 5) is 0. The van der Waals surface area contributed by atoms with Gasteiger partial charge in [-0.3, -0.25) is 0 Å². The van der Waals surface area contributed by atoms with E-state index in [9.17, 15) is 5.11 Å². The van der Waals surface area contributed by atoms with Crippen LogP contribution < -0.4 is 0 Å². The molecule has 1 N–H and O–H groups in total. The summed E-state index contributed by atoms with van der Waals surface area (Å²) in [7, 11) is 1.69. The van der Waals surface area contributed by atoms with Crippen molar-refractivity contribution in [2.75, 3.05) is 20.5 Å². The van der Waals surface area contributed by atoms with Crippen LogP contribution in [0.5, 0.6) is 0 Å². The van der Waals surface area contributed by atoms with Crippen LogP contribution in [0.3, 0.4) is 0 Å². The minimum absolute atomic E-state index is 0.0686. The van der Waals surface area contributed by atoms with Crippen molar-refractivity contribution < 1.29 is 14.6 Å². The van der Waals surface area contributed by atoms with Crippen molar-refractivity contribution in [1.82, 2.24) is 0 Å². The number of hydrogen-bond donors (Lipinski definition) is 1. The number of methoxy groups -OCH3 is 1. The Balaban J connectivity index is 1.75. The summed E-state index contributed by atoms with van der Waals surface area (Å²) in [6, 6.07) is 0. The highest BCUT2D eigenvalue weighted by Gasteiger charge is 2.65. The van der Waals surface area contributed by atoms with Gasteiger partial charge in [-0.1, -0.05) is 51.5 Å². The van der Waals surface area contributed by atoms with E-state index in [1.54, 1.807) is 7.11 Å². The third-order valence-corrected chi connectivity index (χ3v) is 9.83. The van der Waals surface area contributed by atoms with Gasteiger partial charge in [0.15, 0.2) is 0 Å². The lowest BCUT2D eigenvalue weighted by atomic mass is 9.39. The number of rotatable bonds is 4. The molecule has 0 aliphatic heterocycles. The van der Waals surface area contributed by atoms with Crippen molar-refractivity contribution in [1.29, 1.82) is 0 Å². The van der Waals surface area contributed by atoms with Crippen molar-refractivity contribution in [3.05, 3.63) is 23.8 Å². The maximum atomic E-state index is 10.9. The molecule has 0 aromatic rings. The largest absolute Gasteiger partial charge is 0.395 e. The molecule has 3 fully saturated rings. The van der Waals surface area contributed by atoms with Gasteiger partial charge in [0, 0.05) is 17.9 Å². The van der Waals surface area contributed by atoms with Gasteiger partial charge < -0.3 is 14.6 Å². The van der Waals surface area contributed by atoms with E-state index in [1.165, 1.54) is 36.8 Å². The van der Waals surface area contributed by atoms with E-state index in [1.807, 2.05) is 0 Å². The molecule has 3 nitrogen and oxygen atoms in total. The Morgan fingerprint density at radius 1 is 1.11 bits per heavy atom. The van der Waals surface area contributed by atoms with E-state index in [0.717, 1.165) is 19.3 Å². The van der Waals surface area contributed by atoms with E-state index >= 15 is 0 Å². The SMILES string of the molecule is C=C1CC[C@H]2[C@]3(C)CC=C4C(C)(C)[C@@H](OCOC)CC[C@]4(CO)[C@H]3CC[C@@]12C. The van der Waals surface area contributed by atoms with Gasteiger partial charge in [0.05, 0.1) is 12.7 Å². The highest BCUT2D eigenvalue weighted by molar-refractivity contribution is 5.35. The third kappa shape index (κ3) is 2.51. The van der Waals surface area contributed by atoms with Gasteiger partial charge in [0.1, 0.15) is 6.79 Å². The number of aliphatic hydroxyl groups excluding tert-OH is 1. The number of allylic oxidation sites excluding steroid dienone is 2. The smallest absolute Gasteiger partial charge is 0.146 e. The first kappa shape index (κ1) is 20.6. The molecule has 4 aliphatic carbocycles. The molecule has 0 radical (unpaired) electrons. The standard InChI is InChI=1S/C25H40O3/c1-17-7-8-19-23(17,4)12-10-20-24(19,5)13-9-18-22(2,3)21(28-16-27-6)11-14-25(18,20)15-26/h9,19-21,26H,1,7-8,10-16H2,2-6H3/t19-,20+,21+,23+,24+,25-/m1/s1. The average molecular weight is 389 g/mol. The Morgan fingerprint density at radius 3 is 2.54 bits per heavy atom. The fourth-order valence-corrected chi connectivity index (χ4v) is 8.35. The molecule has 3 heteroatoms. The molecule has 0 aromatic carbocycles. The maximum Gasteiger partial charge on any atom is 0.146 e. The second-order valence-corrected chi connectivity index (χ2v) is 11.2. The normalized spacial score (nSPS) is 47.1. The van der Waals surface area contributed by atoms with Crippen LogP contribution in [-0.4, -0.2) is 31.7 Å². The van der Waals surface area contributed by atoms with Crippen molar-refractivity contribution in [3.63, 3.8) is 0 Å². The van der Waals surface area contributed by atoms with Crippen LogP contribution in [0.1, 0.15) is 72.6 Å². The van der Waals surface area contributed by atoms with Crippen molar-refractivity contribution in [2.24, 2.45) is 33.5 Å². The lowest BCUT2D eigenvalue weighted by molar-refractivity contribution is -0.158. The highest BCUT2D eigenvalue weighted by Crippen LogP contribution is 2.72. The zero-order valence-electron chi connectivity index (χ0n) is 18.6. The topological polar surface area (TPSA) is 38.7 Å². The molecule has 158 valence electrons. The van der Waals surface area contributed by atoms with Crippen LogP contribution in [-0.2, 0) is 9.47 Å². The zero-order chi connectivity index (χ0) is 20.4. The van der Waals surface area contributed by atoms with Crippen LogP contribution in [0, 0.1) is 33.5 Å². The number of fused-ring (bicyclic) bond motifs is 5. The van der Waals surface area contributed by atoms with E-state index in [4.69, 9.17) is 9.47 Å². The van der Waals surface area contributed by atoms with Crippen molar-refractivity contribution in [3.8, 4) is 0 Å². The molecule has 0 spiro atoms. The zero-order valence-corrected chi connectivity index (χ0v) is 18.6. The second kappa shape index (κ2) is 6.68. The van der Waals surface area contributed by atoms with E-state index < -0.39 is 0 Å². The lowest BCUT2D eigenvalue weighted by Gasteiger charge is -2.65. The van der Waals surface area contributed by atoms with Gasteiger partial charge in [0.2, 0.25) is 0 Å². The molecule has 28 heavy (non-hydrogen) atoms. The monoisotopic (exact) mass is 388 g/mol. The second-order valence-electron chi connectivity index (χ2n) is 11.2. The van der Waals surface area contributed by atoms with Gasteiger partial charge in [-0.2, -0.15) is 0 Å². The number of aliphatic hydroxyl groups is 1. The van der Waals surface area contributed by atoms with Gasteiger partial charge in [-0.25, -0.2) is 0 Å². The van der Waals surface area contributed by atoms with Crippen LogP contribution in [0.25, 0.3) is 0 Å². The van der Waals surface area contributed by atoms with Crippen LogP contribution >= 0.6 is 0 Å². The molecule has 0 unspecified atom stereocenters. The summed E-state index contributed by atoms with van der Waals surface area (Å²) >= 11 is 0. The highest BCUT2D eigenvalue weighted by atomic mass is 16.7. The molecule has 0 bridgehead atoms. The minimum Gasteiger partial charge on any atom is -0.395 e. The van der Waals surface area contributed by atoms with E-state index in [0.29, 0.717) is 24.0 Å². The Morgan fingerprint density at radius 2 is 1.86 bits per heavy atom. The molecule has 3 saturated carbocycles. The minimum atomic E-state index is -0.0886. The maximum absolute atomic E-state index is 10.9. The summed E-state index contributed by atoms with van der Waals surface area (Å²) in [6.45, 7) is 14.7. The van der Waals surface area contributed by atoms with Gasteiger partial charge >= 0.3 is 0 Å². The van der Waals surface area contributed by atoms with Crippen LogP contribution in [0.2, 0.25) is 0 Å². The van der Waals surface area contributed by atoms with Crippen molar-refractivity contribution in [2.45, 2.75) is 78.7 Å². The fourth-order valence-electron chi connectivity index (χ4n) is 8.35. The Kier molecular flexibility index (Phi) is 4.92. The summed E-state index contributed by atoms with van der Waals surface area (Å²) in [5.74, 6) is 1.25. The van der Waals surface area contributed by atoms with Crippen LogP contribution in [0.15, 0.2) is 23.8 Å². The van der Waals surface area contributed by atoms with E-state index in [-0.39, 0.29) is 29.0 Å². The molecular weight excluding hydrogens is 348 g/mol. The molecule has 6 atom stereocenters. The first-order valence-electron chi connectivity index (χ1n) is 11.3. The van der Waals surface area contributed by atoms with Gasteiger partial charge in [-0.05, 0) is 67.6 Å². The first-order chi connectivity index (χ1) is 13.2. The fraction of sp³-hybridized carbons (Fsp3) is 0.840. The lowest BCUT2D eigenvalue weighted by Crippen LogP contribution is -2.60. The van der Waals surface area contributed by atoms with Crippen molar-refractivity contribution >= 4 is 0 Å². The predicted molar refractivity (Wildman–Crippen MR) is 113 cm³/mol. The Hall–Kier alpha value is -0.640. The quantitative estimate of drug-likeness (QED) is 0.511. The Bertz CT molecular complexity index is 679. The average Bonchev–Trinajstić information content (AvgIpc) is 2.96. The molecule has 0 heterocycles. The van der Waals surface area contributed by atoms with Gasteiger partial charge in [0.25, 0.3) is 0 Å². The Labute approximate surface area is 171 Å². The molecule has 0 aromatic heterocycles. The third-order valence-electron chi connectivity index (χ3n) is 9.83. The summed E-state index contributed by atoms with van der Waals surface area (Å²) < 4.78 is 11.3. The number of ether oxygens (including phenoxy) is 2. The molecular formula is C25H40O3. The molecule has 4 rings (SSSR count).